The van der Waals surface area contributed by atoms with Gasteiger partial charge >= 0.3 is 7.12 Å². The Balaban J connectivity index is 1.68. The lowest BCUT2D eigenvalue weighted by molar-refractivity contribution is -0.141. The van der Waals surface area contributed by atoms with Crippen molar-refractivity contribution in [2.24, 2.45) is 5.92 Å². The molecule has 0 bridgehead atoms. The fraction of sp³-hybridized carbons (Fsp3) is 0.700. The molecular formula is C20H31BFNO4. The van der Waals surface area contributed by atoms with E-state index < -0.39 is 18.3 Å². The highest BCUT2D eigenvalue weighted by atomic mass is 19.1. The summed E-state index contributed by atoms with van der Waals surface area (Å²) in [5, 5.41) is 0. The topological polar surface area (TPSA) is 40.2 Å². The fourth-order valence-corrected chi connectivity index (χ4v) is 3.78. The second-order valence-electron chi connectivity index (χ2n) is 8.46. The molecule has 0 unspecified atom stereocenters. The maximum atomic E-state index is 14.8. The van der Waals surface area contributed by atoms with E-state index in [2.05, 4.69) is 4.90 Å². The summed E-state index contributed by atoms with van der Waals surface area (Å²) in [4.78, 5) is 2.20. The maximum Gasteiger partial charge on any atom is 0.497 e. The zero-order valence-corrected chi connectivity index (χ0v) is 17.3. The molecule has 0 saturated carbocycles. The van der Waals surface area contributed by atoms with E-state index in [9.17, 15) is 4.39 Å². The van der Waals surface area contributed by atoms with Crippen LogP contribution >= 0.6 is 0 Å². The lowest BCUT2D eigenvalue weighted by Gasteiger charge is -2.36. The van der Waals surface area contributed by atoms with Gasteiger partial charge in [-0.15, -0.1) is 0 Å². The van der Waals surface area contributed by atoms with E-state index in [1.165, 1.54) is 0 Å². The molecule has 0 aliphatic carbocycles. The fourth-order valence-electron chi connectivity index (χ4n) is 3.78. The van der Waals surface area contributed by atoms with Crippen molar-refractivity contribution >= 4 is 18.3 Å². The van der Waals surface area contributed by atoms with Gasteiger partial charge in [-0.1, -0.05) is 6.07 Å². The number of ether oxygens (including phenoxy) is 2. The van der Waals surface area contributed by atoms with Gasteiger partial charge in [0.05, 0.1) is 11.2 Å². The number of anilines is 1. The second kappa shape index (κ2) is 7.70. The summed E-state index contributed by atoms with van der Waals surface area (Å²) in [6, 6.07) is 5.32. The number of hydrogen-bond donors (Lipinski definition) is 0. The second-order valence-corrected chi connectivity index (χ2v) is 8.46. The third-order valence-corrected chi connectivity index (χ3v) is 6.25. The molecule has 3 rings (SSSR count). The van der Waals surface area contributed by atoms with Crippen LogP contribution in [-0.4, -0.2) is 51.9 Å². The predicted octanol–water partition coefficient (Wildman–Crippen LogP) is 2.96. The Morgan fingerprint density at radius 2 is 1.63 bits per heavy atom. The van der Waals surface area contributed by atoms with E-state index >= 15 is 0 Å². The van der Waals surface area contributed by atoms with Crippen molar-refractivity contribution in [1.82, 2.24) is 0 Å². The van der Waals surface area contributed by atoms with Crippen LogP contribution in [0.4, 0.5) is 10.1 Å². The molecule has 2 saturated heterocycles. The number of piperidine rings is 1. The summed E-state index contributed by atoms with van der Waals surface area (Å²) < 4.78 is 37.6. The molecule has 2 fully saturated rings. The molecule has 0 aromatic heterocycles. The van der Waals surface area contributed by atoms with Crippen molar-refractivity contribution in [3.63, 3.8) is 0 Å². The molecule has 7 heteroatoms. The summed E-state index contributed by atoms with van der Waals surface area (Å²) in [6.07, 6.45) is 1.73. The molecule has 2 heterocycles. The lowest BCUT2D eigenvalue weighted by Crippen LogP contribution is -2.41. The van der Waals surface area contributed by atoms with Crippen LogP contribution in [-0.2, 0) is 18.8 Å². The van der Waals surface area contributed by atoms with Crippen molar-refractivity contribution in [2.45, 2.75) is 58.0 Å². The minimum absolute atomic E-state index is 0.172. The minimum atomic E-state index is -0.682. The third kappa shape index (κ3) is 4.02. The summed E-state index contributed by atoms with van der Waals surface area (Å²) in [7, 11) is 2.66. The molecule has 0 N–H and O–H groups in total. The molecule has 2 aliphatic heterocycles. The van der Waals surface area contributed by atoms with E-state index in [4.69, 9.17) is 18.8 Å². The van der Waals surface area contributed by atoms with Crippen LogP contribution in [0.3, 0.4) is 0 Å². The average molecular weight is 379 g/mol. The van der Waals surface area contributed by atoms with Crippen LogP contribution in [0, 0.1) is 11.7 Å². The highest BCUT2D eigenvalue weighted by Gasteiger charge is 2.52. The number of nitrogens with zero attached hydrogens (tertiary/aromatic N) is 1. The largest absolute Gasteiger partial charge is 0.497 e. The molecule has 2 aliphatic rings. The average Bonchev–Trinajstić information content (AvgIpc) is 2.84. The number of benzene rings is 1. The summed E-state index contributed by atoms with van der Waals surface area (Å²) >= 11 is 0. The molecule has 0 atom stereocenters. The van der Waals surface area contributed by atoms with Gasteiger partial charge in [0, 0.05) is 44.4 Å². The third-order valence-electron chi connectivity index (χ3n) is 6.25. The Labute approximate surface area is 162 Å². The van der Waals surface area contributed by atoms with Gasteiger partial charge in [-0.05, 0) is 52.7 Å². The first-order valence-electron chi connectivity index (χ1n) is 9.64. The van der Waals surface area contributed by atoms with Gasteiger partial charge in [-0.3, -0.25) is 0 Å². The molecule has 1 aromatic carbocycles. The smallest absolute Gasteiger partial charge is 0.399 e. The summed E-state index contributed by atoms with van der Waals surface area (Å²) in [5.74, 6) is 0.0740. The minimum Gasteiger partial charge on any atom is -0.399 e. The zero-order valence-electron chi connectivity index (χ0n) is 17.3. The van der Waals surface area contributed by atoms with Gasteiger partial charge in [0.15, 0.2) is 6.29 Å². The van der Waals surface area contributed by atoms with Gasteiger partial charge < -0.3 is 23.7 Å². The molecule has 5 nitrogen and oxygen atoms in total. The van der Waals surface area contributed by atoms with Crippen molar-refractivity contribution in [3.05, 3.63) is 24.0 Å². The lowest BCUT2D eigenvalue weighted by atomic mass is 9.78. The molecule has 1 aromatic rings. The van der Waals surface area contributed by atoms with Crippen molar-refractivity contribution in [2.75, 3.05) is 32.2 Å². The quantitative estimate of drug-likeness (QED) is 0.581. The zero-order chi connectivity index (χ0) is 19.8. The van der Waals surface area contributed by atoms with Crippen LogP contribution < -0.4 is 10.4 Å². The van der Waals surface area contributed by atoms with Crippen LogP contribution in [0.15, 0.2) is 18.2 Å². The standard InChI is InChI=1S/C20H31BFNO4/c1-19(2)20(3,4)27-21(26-19)16-8-7-15(13-17(16)22)23-11-9-14(10-12-23)18(24-5)25-6/h7-8,13-14,18H,9-12H2,1-6H3. The normalized spacial score (nSPS) is 22.7. The van der Waals surface area contributed by atoms with Gasteiger partial charge in [0.25, 0.3) is 0 Å². The van der Waals surface area contributed by atoms with Crippen molar-refractivity contribution in [3.8, 4) is 0 Å². The Morgan fingerprint density at radius 3 is 2.11 bits per heavy atom. The monoisotopic (exact) mass is 379 g/mol. The number of methoxy groups -OCH3 is 2. The summed E-state index contributed by atoms with van der Waals surface area (Å²) in [5.41, 5.74) is 0.372. The van der Waals surface area contributed by atoms with Crippen LogP contribution in [0.2, 0.25) is 0 Å². The predicted molar refractivity (Wildman–Crippen MR) is 105 cm³/mol. The van der Waals surface area contributed by atoms with E-state index in [-0.39, 0.29) is 12.1 Å². The first-order chi connectivity index (χ1) is 12.7. The number of hydrogen-bond acceptors (Lipinski definition) is 5. The molecule has 27 heavy (non-hydrogen) atoms. The Bertz CT molecular complexity index is 641. The molecule has 0 radical (unpaired) electrons. The first-order valence-corrected chi connectivity index (χ1v) is 9.64. The van der Waals surface area contributed by atoms with Crippen molar-refractivity contribution in [1.29, 1.82) is 0 Å². The molecular weight excluding hydrogens is 348 g/mol. The van der Waals surface area contributed by atoms with Crippen molar-refractivity contribution < 1.29 is 23.2 Å². The highest BCUT2D eigenvalue weighted by Crippen LogP contribution is 2.37. The van der Waals surface area contributed by atoms with Gasteiger partial charge in [0.1, 0.15) is 5.82 Å². The van der Waals surface area contributed by atoms with E-state index in [0.717, 1.165) is 31.6 Å². The molecule has 0 spiro atoms. The van der Waals surface area contributed by atoms with Gasteiger partial charge in [-0.2, -0.15) is 0 Å². The molecule has 0 amide bonds. The van der Waals surface area contributed by atoms with Gasteiger partial charge in [0.2, 0.25) is 0 Å². The van der Waals surface area contributed by atoms with Crippen LogP contribution in [0.1, 0.15) is 40.5 Å². The van der Waals surface area contributed by atoms with E-state index in [1.807, 2.05) is 33.8 Å². The van der Waals surface area contributed by atoms with Crippen LogP contribution in [0.25, 0.3) is 0 Å². The SMILES string of the molecule is COC(OC)C1CCN(c2ccc(B3OC(C)(C)C(C)(C)O3)c(F)c2)CC1. The Hall–Kier alpha value is -1.15. The number of rotatable bonds is 5. The highest BCUT2D eigenvalue weighted by molar-refractivity contribution is 6.62. The molecule has 150 valence electrons. The summed E-state index contributed by atoms with van der Waals surface area (Å²) in [6.45, 7) is 9.58. The first kappa shape index (κ1) is 20.6. The van der Waals surface area contributed by atoms with Gasteiger partial charge in [-0.25, -0.2) is 4.39 Å². The number of halogens is 1. The van der Waals surface area contributed by atoms with E-state index in [0.29, 0.717) is 11.4 Å². The van der Waals surface area contributed by atoms with Crippen LogP contribution in [0.5, 0.6) is 0 Å². The Morgan fingerprint density at radius 1 is 1.07 bits per heavy atom. The Kier molecular flexibility index (Phi) is 5.87. The van der Waals surface area contributed by atoms with E-state index in [1.54, 1.807) is 26.4 Å². The maximum absolute atomic E-state index is 14.8.